The highest BCUT2D eigenvalue weighted by Crippen LogP contribution is 2.42. The maximum absolute atomic E-state index is 6.34. The molecule has 0 spiro atoms. The first-order valence-electron chi connectivity index (χ1n) is 9.58. The first kappa shape index (κ1) is 20.1. The van der Waals surface area contributed by atoms with E-state index in [-0.39, 0.29) is 6.04 Å². The molecule has 0 N–H and O–H groups in total. The van der Waals surface area contributed by atoms with Gasteiger partial charge >= 0.3 is 0 Å². The van der Waals surface area contributed by atoms with E-state index in [0.29, 0.717) is 0 Å². The second-order valence-electron chi connectivity index (χ2n) is 7.21. The summed E-state index contributed by atoms with van der Waals surface area (Å²) in [5.41, 5.74) is 4.90. The van der Waals surface area contributed by atoms with Gasteiger partial charge in [-0.05, 0) is 65.1 Å². The fraction of sp³-hybridized carbons (Fsp3) is 0.250. The highest BCUT2D eigenvalue weighted by atomic mass is 35.5. The highest BCUT2D eigenvalue weighted by molar-refractivity contribution is 6.30. The molecule has 1 aliphatic rings. The van der Waals surface area contributed by atoms with Crippen LogP contribution in [0.5, 0.6) is 11.5 Å². The average molecular weight is 428 g/mol. The van der Waals surface area contributed by atoms with Crippen LogP contribution >= 0.6 is 23.2 Å². The molecule has 3 nitrogen and oxygen atoms in total. The van der Waals surface area contributed by atoms with E-state index in [1.54, 1.807) is 14.2 Å². The van der Waals surface area contributed by atoms with Crippen molar-refractivity contribution in [2.24, 2.45) is 0 Å². The van der Waals surface area contributed by atoms with Gasteiger partial charge in [-0.15, -0.1) is 0 Å². The van der Waals surface area contributed by atoms with Crippen molar-refractivity contribution in [1.29, 1.82) is 0 Å². The fourth-order valence-corrected chi connectivity index (χ4v) is 4.38. The monoisotopic (exact) mass is 427 g/mol. The zero-order valence-electron chi connectivity index (χ0n) is 16.5. The van der Waals surface area contributed by atoms with Crippen molar-refractivity contribution in [1.82, 2.24) is 4.90 Å². The van der Waals surface area contributed by atoms with E-state index in [2.05, 4.69) is 35.2 Å². The smallest absolute Gasteiger partial charge is 0.161 e. The predicted molar refractivity (Wildman–Crippen MR) is 118 cm³/mol. The Bertz CT molecular complexity index is 1000. The molecule has 0 bridgehead atoms. The van der Waals surface area contributed by atoms with E-state index in [1.165, 1.54) is 22.3 Å². The Morgan fingerprint density at radius 2 is 1.62 bits per heavy atom. The number of halogens is 2. The minimum Gasteiger partial charge on any atom is -0.493 e. The third-order valence-electron chi connectivity index (χ3n) is 5.44. The predicted octanol–water partition coefficient (Wildman–Crippen LogP) is 6.16. The van der Waals surface area contributed by atoms with Gasteiger partial charge in [-0.2, -0.15) is 0 Å². The van der Waals surface area contributed by atoms with Crippen LogP contribution in [0.1, 0.15) is 28.3 Å². The molecule has 0 unspecified atom stereocenters. The van der Waals surface area contributed by atoms with Crippen LogP contribution in [0.2, 0.25) is 10.0 Å². The lowest BCUT2D eigenvalue weighted by molar-refractivity contribution is 0.203. The normalized spacial score (nSPS) is 16.3. The van der Waals surface area contributed by atoms with Gasteiger partial charge in [-0.1, -0.05) is 47.5 Å². The lowest BCUT2D eigenvalue weighted by atomic mass is 9.87. The van der Waals surface area contributed by atoms with Crippen molar-refractivity contribution in [3.8, 4) is 11.5 Å². The molecule has 1 aliphatic heterocycles. The SMILES string of the molecule is COc1cc2c(cc1OC)[C@@H](c1cccc(Cl)c1)N(Cc1ccc(Cl)cc1)CC2. The fourth-order valence-electron chi connectivity index (χ4n) is 4.06. The molecule has 0 aromatic heterocycles. The molecule has 0 fully saturated rings. The Morgan fingerprint density at radius 1 is 0.897 bits per heavy atom. The minimum atomic E-state index is 0.0768. The van der Waals surface area contributed by atoms with E-state index in [4.69, 9.17) is 32.7 Å². The topological polar surface area (TPSA) is 21.7 Å². The summed E-state index contributed by atoms with van der Waals surface area (Å²) < 4.78 is 11.1. The molecule has 0 radical (unpaired) electrons. The van der Waals surface area contributed by atoms with E-state index in [9.17, 15) is 0 Å². The first-order valence-corrected chi connectivity index (χ1v) is 10.3. The standard InChI is InChI=1S/C24H23Cl2NO2/c1-28-22-13-17-10-11-27(15-16-6-8-19(25)9-7-16)24(21(17)14-23(22)29-2)18-4-3-5-20(26)12-18/h3-9,12-14,24H,10-11,15H2,1-2H3/t24-/m1/s1. The molecule has 1 heterocycles. The van der Waals surface area contributed by atoms with E-state index >= 15 is 0 Å². The zero-order valence-corrected chi connectivity index (χ0v) is 18.0. The average Bonchev–Trinajstić information content (AvgIpc) is 2.74. The van der Waals surface area contributed by atoms with Crippen molar-refractivity contribution in [2.75, 3.05) is 20.8 Å². The number of nitrogens with zero attached hydrogens (tertiary/aromatic N) is 1. The summed E-state index contributed by atoms with van der Waals surface area (Å²) >= 11 is 12.4. The summed E-state index contributed by atoms with van der Waals surface area (Å²) in [5, 5.41) is 1.49. The van der Waals surface area contributed by atoms with Gasteiger partial charge in [-0.3, -0.25) is 4.90 Å². The molecule has 5 heteroatoms. The quantitative estimate of drug-likeness (QED) is 0.486. The summed E-state index contributed by atoms with van der Waals surface area (Å²) in [5.74, 6) is 1.51. The Morgan fingerprint density at radius 3 is 2.31 bits per heavy atom. The zero-order chi connectivity index (χ0) is 20.4. The van der Waals surface area contributed by atoms with Gasteiger partial charge in [0.05, 0.1) is 20.3 Å². The molecular weight excluding hydrogens is 405 g/mol. The second kappa shape index (κ2) is 8.66. The summed E-state index contributed by atoms with van der Waals surface area (Å²) in [7, 11) is 3.35. The second-order valence-corrected chi connectivity index (χ2v) is 8.08. The number of fused-ring (bicyclic) bond motifs is 1. The van der Waals surface area contributed by atoms with E-state index in [0.717, 1.165) is 41.1 Å². The van der Waals surface area contributed by atoms with Gasteiger partial charge in [0.25, 0.3) is 0 Å². The molecule has 0 aliphatic carbocycles. The Kier molecular flexibility index (Phi) is 6.00. The van der Waals surface area contributed by atoms with Crippen LogP contribution in [0.3, 0.4) is 0 Å². The van der Waals surface area contributed by atoms with Gasteiger partial charge in [0, 0.05) is 23.1 Å². The van der Waals surface area contributed by atoms with E-state index in [1.807, 2.05) is 30.3 Å². The van der Waals surface area contributed by atoms with Crippen LogP contribution in [0.15, 0.2) is 60.7 Å². The van der Waals surface area contributed by atoms with Crippen molar-refractivity contribution < 1.29 is 9.47 Å². The van der Waals surface area contributed by atoms with Crippen molar-refractivity contribution in [3.63, 3.8) is 0 Å². The van der Waals surface area contributed by atoms with Gasteiger partial charge < -0.3 is 9.47 Å². The van der Waals surface area contributed by atoms with Crippen molar-refractivity contribution in [3.05, 3.63) is 93.0 Å². The molecule has 0 saturated carbocycles. The number of methoxy groups -OCH3 is 2. The Labute approximate surface area is 181 Å². The lowest BCUT2D eigenvalue weighted by Gasteiger charge is -2.38. The highest BCUT2D eigenvalue weighted by Gasteiger charge is 2.30. The summed E-state index contributed by atoms with van der Waals surface area (Å²) in [6.45, 7) is 1.75. The maximum atomic E-state index is 6.34. The number of hydrogen-bond acceptors (Lipinski definition) is 3. The van der Waals surface area contributed by atoms with Crippen LogP contribution in [0.25, 0.3) is 0 Å². The Hall–Kier alpha value is -2.20. The number of ether oxygens (including phenoxy) is 2. The molecule has 150 valence electrons. The molecule has 0 amide bonds. The number of rotatable bonds is 5. The van der Waals surface area contributed by atoms with E-state index < -0.39 is 0 Å². The Balaban J connectivity index is 1.79. The summed E-state index contributed by atoms with van der Waals surface area (Å²) in [6.07, 6.45) is 0.945. The molecule has 3 aromatic carbocycles. The van der Waals surface area contributed by atoms with Crippen LogP contribution in [-0.4, -0.2) is 25.7 Å². The van der Waals surface area contributed by atoms with Gasteiger partial charge in [0.2, 0.25) is 0 Å². The number of hydrogen-bond donors (Lipinski definition) is 0. The molecule has 29 heavy (non-hydrogen) atoms. The molecule has 4 rings (SSSR count). The van der Waals surface area contributed by atoms with Crippen LogP contribution in [0, 0.1) is 0 Å². The van der Waals surface area contributed by atoms with Crippen molar-refractivity contribution >= 4 is 23.2 Å². The van der Waals surface area contributed by atoms with Gasteiger partial charge in [0.15, 0.2) is 11.5 Å². The maximum Gasteiger partial charge on any atom is 0.161 e. The van der Waals surface area contributed by atoms with Crippen molar-refractivity contribution in [2.45, 2.75) is 19.0 Å². The first-order chi connectivity index (χ1) is 14.1. The molecule has 0 saturated heterocycles. The third kappa shape index (κ3) is 4.23. The largest absolute Gasteiger partial charge is 0.493 e. The third-order valence-corrected chi connectivity index (χ3v) is 5.92. The van der Waals surface area contributed by atoms with Gasteiger partial charge in [-0.25, -0.2) is 0 Å². The van der Waals surface area contributed by atoms with Gasteiger partial charge in [0.1, 0.15) is 0 Å². The van der Waals surface area contributed by atoms with Crippen LogP contribution < -0.4 is 9.47 Å². The van der Waals surface area contributed by atoms with Crippen LogP contribution in [-0.2, 0) is 13.0 Å². The lowest BCUT2D eigenvalue weighted by Crippen LogP contribution is -2.35. The number of benzene rings is 3. The summed E-state index contributed by atoms with van der Waals surface area (Å²) in [6, 6.07) is 20.4. The summed E-state index contributed by atoms with van der Waals surface area (Å²) in [4.78, 5) is 2.48. The molecule has 3 aromatic rings. The molecular formula is C24H23Cl2NO2. The van der Waals surface area contributed by atoms with Crippen LogP contribution in [0.4, 0.5) is 0 Å². The minimum absolute atomic E-state index is 0.0768. The molecule has 1 atom stereocenters.